The van der Waals surface area contributed by atoms with Crippen LogP contribution in [0.2, 0.25) is 0 Å². The Hall–Kier alpha value is -3.65. The van der Waals surface area contributed by atoms with Crippen LogP contribution in [0.15, 0.2) is 71.9 Å². The van der Waals surface area contributed by atoms with Gasteiger partial charge in [0.05, 0.1) is 4.91 Å². The number of thioether (sulfide) groups is 1. The van der Waals surface area contributed by atoms with Gasteiger partial charge in [-0.2, -0.15) is 0 Å². The van der Waals surface area contributed by atoms with E-state index >= 15 is 0 Å². The van der Waals surface area contributed by atoms with Crippen LogP contribution in [0.3, 0.4) is 0 Å². The van der Waals surface area contributed by atoms with Gasteiger partial charge in [-0.1, -0.05) is 36.4 Å². The van der Waals surface area contributed by atoms with E-state index in [1.54, 1.807) is 30.6 Å². The lowest BCUT2D eigenvalue weighted by Gasteiger charge is -2.13. The molecule has 0 radical (unpaired) electrons. The Morgan fingerprint density at radius 3 is 2.74 bits per heavy atom. The van der Waals surface area contributed by atoms with Crippen molar-refractivity contribution in [1.29, 1.82) is 0 Å². The highest BCUT2D eigenvalue weighted by Crippen LogP contribution is 2.31. The Morgan fingerprint density at radius 2 is 1.94 bits per heavy atom. The number of aromatic nitrogens is 1. The molecule has 1 aromatic heterocycles. The number of amides is 3. The summed E-state index contributed by atoms with van der Waals surface area (Å²) in [7, 11) is 0. The van der Waals surface area contributed by atoms with E-state index in [2.05, 4.69) is 10.3 Å². The van der Waals surface area contributed by atoms with Crippen LogP contribution in [0, 0.1) is 0 Å². The van der Waals surface area contributed by atoms with E-state index < -0.39 is 0 Å². The van der Waals surface area contributed by atoms with E-state index in [1.807, 2.05) is 42.5 Å². The van der Waals surface area contributed by atoms with Crippen molar-refractivity contribution in [2.24, 2.45) is 0 Å². The minimum atomic E-state index is -0.375. The molecule has 31 heavy (non-hydrogen) atoms. The zero-order valence-corrected chi connectivity index (χ0v) is 17.3. The molecule has 1 aliphatic heterocycles. The van der Waals surface area contributed by atoms with E-state index in [-0.39, 0.29) is 36.7 Å². The second-order valence-electron chi connectivity index (χ2n) is 6.77. The van der Waals surface area contributed by atoms with E-state index in [0.717, 1.165) is 33.0 Å². The molecule has 4 rings (SSSR count). The number of carbonyl (C=O) groups is 3. The number of nitrogens with zero attached hydrogens (tertiary/aromatic N) is 2. The quantitative estimate of drug-likeness (QED) is 0.574. The fourth-order valence-electron chi connectivity index (χ4n) is 3.07. The first-order chi connectivity index (χ1) is 15.1. The third-order valence-corrected chi connectivity index (χ3v) is 5.51. The topological polar surface area (TPSA) is 88.6 Å². The van der Waals surface area contributed by atoms with Crippen molar-refractivity contribution in [3.63, 3.8) is 0 Å². The Kier molecular flexibility index (Phi) is 6.28. The Morgan fingerprint density at radius 1 is 1.10 bits per heavy atom. The van der Waals surface area contributed by atoms with Gasteiger partial charge in [-0.05, 0) is 52.4 Å². The average Bonchev–Trinajstić information content (AvgIpc) is 3.05. The zero-order chi connectivity index (χ0) is 21.6. The monoisotopic (exact) mass is 433 g/mol. The van der Waals surface area contributed by atoms with Crippen LogP contribution in [-0.2, 0) is 9.59 Å². The Balaban J connectivity index is 1.25. The van der Waals surface area contributed by atoms with Crippen LogP contribution in [0.25, 0.3) is 16.8 Å². The van der Waals surface area contributed by atoms with Gasteiger partial charge in [0.1, 0.15) is 5.75 Å². The molecule has 1 fully saturated rings. The summed E-state index contributed by atoms with van der Waals surface area (Å²) in [4.78, 5) is 42.1. The minimum Gasteiger partial charge on any atom is -0.484 e. The molecule has 0 atom stereocenters. The third-order valence-electron chi connectivity index (χ3n) is 4.60. The molecule has 0 saturated carbocycles. The molecule has 3 amide bonds. The summed E-state index contributed by atoms with van der Waals surface area (Å²) in [6, 6.07) is 17.0. The maximum atomic E-state index is 12.5. The first kappa shape index (κ1) is 20.6. The number of hydrogen-bond acceptors (Lipinski definition) is 6. The minimum absolute atomic E-state index is 0.0940. The summed E-state index contributed by atoms with van der Waals surface area (Å²) in [5.74, 6) is -0.105. The maximum Gasteiger partial charge on any atom is 0.293 e. The van der Waals surface area contributed by atoms with E-state index in [0.29, 0.717) is 10.7 Å². The van der Waals surface area contributed by atoms with Crippen LogP contribution in [-0.4, -0.2) is 46.6 Å². The molecule has 0 aliphatic carbocycles. The number of ether oxygens (including phenoxy) is 1. The molecule has 1 N–H and O–H groups in total. The number of pyridine rings is 1. The molecule has 7 nitrogen and oxygen atoms in total. The molecule has 1 saturated heterocycles. The molecule has 0 spiro atoms. The molecule has 2 aromatic carbocycles. The molecule has 3 aromatic rings. The highest BCUT2D eigenvalue weighted by atomic mass is 32.2. The predicted octanol–water partition coefficient (Wildman–Crippen LogP) is 3.47. The summed E-state index contributed by atoms with van der Waals surface area (Å²) in [5, 5.41) is 4.43. The first-order valence-electron chi connectivity index (χ1n) is 9.64. The number of rotatable bonds is 7. The number of fused-ring (bicyclic) bond motifs is 1. The van der Waals surface area contributed by atoms with Gasteiger partial charge in [0.2, 0.25) is 0 Å². The number of hydrogen-bond donors (Lipinski definition) is 1. The SMILES string of the molecule is O=C(COc1ccc2ccccc2c1)NCCN1C(=O)S/C(=C\c2cccnc2)C1=O. The van der Waals surface area contributed by atoms with Crippen molar-refractivity contribution in [1.82, 2.24) is 15.2 Å². The van der Waals surface area contributed by atoms with Crippen molar-refractivity contribution in [3.8, 4) is 5.75 Å². The van der Waals surface area contributed by atoms with Gasteiger partial charge < -0.3 is 10.1 Å². The van der Waals surface area contributed by atoms with E-state index in [9.17, 15) is 14.4 Å². The van der Waals surface area contributed by atoms with Crippen molar-refractivity contribution in [2.75, 3.05) is 19.7 Å². The summed E-state index contributed by atoms with van der Waals surface area (Å²) in [6.07, 6.45) is 4.88. The third kappa shape index (κ3) is 5.10. The van der Waals surface area contributed by atoms with Crippen molar-refractivity contribution in [2.45, 2.75) is 0 Å². The van der Waals surface area contributed by atoms with Crippen molar-refractivity contribution in [3.05, 3.63) is 77.5 Å². The lowest BCUT2D eigenvalue weighted by molar-refractivity contribution is -0.125. The van der Waals surface area contributed by atoms with E-state index in [4.69, 9.17) is 4.74 Å². The highest BCUT2D eigenvalue weighted by molar-refractivity contribution is 8.18. The number of benzene rings is 2. The van der Waals surface area contributed by atoms with Crippen molar-refractivity contribution < 1.29 is 19.1 Å². The molecule has 2 heterocycles. The van der Waals surface area contributed by atoms with Gasteiger partial charge in [-0.25, -0.2) is 0 Å². The second kappa shape index (κ2) is 9.44. The standard InChI is InChI=1S/C23H19N3O4S/c27-21(15-30-19-8-7-17-5-1-2-6-18(17)13-19)25-10-11-26-22(28)20(31-23(26)29)12-16-4-3-9-24-14-16/h1-9,12-14H,10-11,15H2,(H,25,27)/b20-12-. The lowest BCUT2D eigenvalue weighted by atomic mass is 10.1. The molecule has 156 valence electrons. The van der Waals surface area contributed by atoms with Gasteiger partial charge in [-0.15, -0.1) is 0 Å². The smallest absolute Gasteiger partial charge is 0.293 e. The van der Waals surface area contributed by atoms with Gasteiger partial charge in [-0.3, -0.25) is 24.3 Å². The van der Waals surface area contributed by atoms with Crippen LogP contribution in [0.4, 0.5) is 4.79 Å². The molecule has 1 aliphatic rings. The zero-order valence-electron chi connectivity index (χ0n) is 16.5. The molecule has 0 bridgehead atoms. The van der Waals surface area contributed by atoms with Gasteiger partial charge in [0.15, 0.2) is 6.61 Å². The molecule has 0 unspecified atom stereocenters. The Bertz CT molecular complexity index is 1160. The van der Waals surface area contributed by atoms with Crippen LogP contribution < -0.4 is 10.1 Å². The van der Waals surface area contributed by atoms with Gasteiger partial charge in [0, 0.05) is 25.5 Å². The summed E-state index contributed by atoms with van der Waals surface area (Å²) in [6.45, 7) is 0.0933. The van der Waals surface area contributed by atoms with Crippen LogP contribution >= 0.6 is 11.8 Å². The highest BCUT2D eigenvalue weighted by Gasteiger charge is 2.34. The first-order valence-corrected chi connectivity index (χ1v) is 10.5. The summed E-state index contributed by atoms with van der Waals surface area (Å²) in [5.41, 5.74) is 0.743. The summed E-state index contributed by atoms with van der Waals surface area (Å²) >= 11 is 0.877. The van der Waals surface area contributed by atoms with Gasteiger partial charge >= 0.3 is 0 Å². The second-order valence-corrected chi connectivity index (χ2v) is 7.76. The van der Waals surface area contributed by atoms with Crippen LogP contribution in [0.5, 0.6) is 5.75 Å². The van der Waals surface area contributed by atoms with Crippen LogP contribution in [0.1, 0.15) is 5.56 Å². The van der Waals surface area contributed by atoms with E-state index in [1.165, 1.54) is 0 Å². The maximum absolute atomic E-state index is 12.5. The lowest BCUT2D eigenvalue weighted by Crippen LogP contribution is -2.38. The molecule has 8 heteroatoms. The molecular weight excluding hydrogens is 414 g/mol. The predicted molar refractivity (Wildman–Crippen MR) is 119 cm³/mol. The van der Waals surface area contributed by atoms with Gasteiger partial charge in [0.25, 0.3) is 17.1 Å². The average molecular weight is 433 g/mol. The number of carbonyl (C=O) groups excluding carboxylic acids is 3. The fraction of sp³-hybridized carbons (Fsp3) is 0.130. The normalized spacial score (nSPS) is 15.0. The number of nitrogens with one attached hydrogen (secondary N) is 1. The summed E-state index contributed by atoms with van der Waals surface area (Å²) < 4.78 is 5.55. The number of imide groups is 1. The fourth-order valence-corrected chi connectivity index (χ4v) is 3.93. The van der Waals surface area contributed by atoms with Crippen molar-refractivity contribution >= 4 is 45.7 Å². The Labute approximate surface area is 183 Å². The largest absolute Gasteiger partial charge is 0.484 e. The molecular formula is C23H19N3O4S.